The van der Waals surface area contributed by atoms with Gasteiger partial charge in [-0.1, -0.05) is 6.92 Å². The number of carbonyl (C=O) groups is 2. The SMILES string of the molecule is C[C@@H](O)[C@H]1C(=O)N2C(C(=O)[O-])=C(SCCc3ncc4sccn34)[C@H](C)[C@H]12.[Na+]. The van der Waals surface area contributed by atoms with Gasteiger partial charge in [0.05, 0.1) is 35.9 Å². The molecule has 27 heavy (non-hydrogen) atoms. The van der Waals surface area contributed by atoms with Gasteiger partial charge >= 0.3 is 29.6 Å². The number of nitrogens with zero attached hydrogens (tertiary/aromatic N) is 3. The first kappa shape index (κ1) is 20.9. The molecule has 2 aromatic heterocycles. The van der Waals surface area contributed by atoms with Gasteiger partial charge in [0, 0.05) is 34.6 Å². The van der Waals surface area contributed by atoms with Crippen molar-refractivity contribution in [2.45, 2.75) is 32.4 Å². The molecule has 0 aliphatic carbocycles. The molecular formula is C17H18N3NaO4S2. The minimum Gasteiger partial charge on any atom is -0.543 e. The topological polar surface area (TPSA) is 98.0 Å². The van der Waals surface area contributed by atoms with Gasteiger partial charge in [-0.25, -0.2) is 4.98 Å². The van der Waals surface area contributed by atoms with Crippen LogP contribution >= 0.6 is 23.1 Å². The number of thiazole rings is 1. The molecule has 4 rings (SSSR count). The predicted molar refractivity (Wildman–Crippen MR) is 96.2 cm³/mol. The van der Waals surface area contributed by atoms with Gasteiger partial charge in [-0.2, -0.15) is 0 Å². The summed E-state index contributed by atoms with van der Waals surface area (Å²) in [7, 11) is 0. The van der Waals surface area contributed by atoms with Gasteiger partial charge in [-0.05, 0) is 6.92 Å². The summed E-state index contributed by atoms with van der Waals surface area (Å²) in [6.45, 7) is 3.48. The van der Waals surface area contributed by atoms with Crippen LogP contribution in [0.2, 0.25) is 0 Å². The molecule has 0 unspecified atom stereocenters. The van der Waals surface area contributed by atoms with Crippen LogP contribution in [0.3, 0.4) is 0 Å². The van der Waals surface area contributed by atoms with Crippen molar-refractivity contribution in [3.63, 3.8) is 0 Å². The Morgan fingerprint density at radius 1 is 1.52 bits per heavy atom. The predicted octanol–water partition coefficient (Wildman–Crippen LogP) is -2.51. The van der Waals surface area contributed by atoms with E-state index < -0.39 is 18.0 Å². The zero-order valence-corrected chi connectivity index (χ0v) is 18.9. The molecule has 2 aliphatic heterocycles. The van der Waals surface area contributed by atoms with E-state index in [1.807, 2.05) is 29.1 Å². The molecule has 0 aromatic carbocycles. The first-order valence-electron chi connectivity index (χ1n) is 8.40. The summed E-state index contributed by atoms with van der Waals surface area (Å²) in [5, 5.41) is 23.5. The zero-order chi connectivity index (χ0) is 18.6. The van der Waals surface area contributed by atoms with Crippen LogP contribution in [0, 0.1) is 11.8 Å². The number of hydrogen-bond acceptors (Lipinski definition) is 7. The van der Waals surface area contributed by atoms with Crippen LogP contribution in [-0.4, -0.2) is 49.2 Å². The van der Waals surface area contributed by atoms with Crippen LogP contribution in [0.15, 0.2) is 28.4 Å². The van der Waals surface area contributed by atoms with Gasteiger partial charge in [0.1, 0.15) is 10.7 Å². The molecule has 4 heterocycles. The molecule has 2 aliphatic rings. The van der Waals surface area contributed by atoms with E-state index in [-0.39, 0.29) is 53.1 Å². The van der Waals surface area contributed by atoms with Crippen molar-refractivity contribution in [1.29, 1.82) is 0 Å². The third-order valence-corrected chi connectivity index (χ3v) is 7.21. The van der Waals surface area contributed by atoms with Gasteiger partial charge < -0.3 is 19.9 Å². The number of carbonyl (C=O) groups excluding carboxylic acids is 2. The molecule has 2 aromatic rings. The van der Waals surface area contributed by atoms with Crippen molar-refractivity contribution in [1.82, 2.24) is 14.3 Å². The van der Waals surface area contributed by atoms with Gasteiger partial charge in [-0.3, -0.25) is 9.20 Å². The van der Waals surface area contributed by atoms with E-state index in [9.17, 15) is 19.8 Å². The van der Waals surface area contributed by atoms with Crippen molar-refractivity contribution in [2.24, 2.45) is 11.8 Å². The molecule has 1 amide bonds. The first-order chi connectivity index (χ1) is 12.4. The van der Waals surface area contributed by atoms with E-state index in [2.05, 4.69) is 4.98 Å². The van der Waals surface area contributed by atoms with Gasteiger partial charge in [0.15, 0.2) is 0 Å². The maximum absolute atomic E-state index is 12.3. The largest absolute Gasteiger partial charge is 1.00 e. The van der Waals surface area contributed by atoms with Crippen LogP contribution in [-0.2, 0) is 16.0 Å². The standard InChI is InChI=1S/C17H19N3O4S2.Na/c1-8-13-12(9(2)21)16(22)20(13)14(17(23)24)15(8)26-5-3-10-18-7-11-19(10)4-6-25-11;/h4,6-9,12-13,21H,3,5H2,1-2H3,(H,23,24);/q;+1/p-1/t8-,9-,12-,13-;/m1./s1. The summed E-state index contributed by atoms with van der Waals surface area (Å²) in [6, 6.07) is -0.298. The average molecular weight is 415 g/mol. The number of amides is 1. The third-order valence-electron chi connectivity index (χ3n) is 5.12. The summed E-state index contributed by atoms with van der Waals surface area (Å²) in [5.74, 6) is -0.766. The van der Waals surface area contributed by atoms with Crippen molar-refractivity contribution in [2.75, 3.05) is 5.75 Å². The Morgan fingerprint density at radius 2 is 2.26 bits per heavy atom. The van der Waals surface area contributed by atoms with E-state index in [0.717, 1.165) is 10.7 Å². The molecule has 138 valence electrons. The normalized spacial score (nSPS) is 25.4. The number of aliphatic hydroxyl groups is 1. The number of imidazole rings is 1. The Balaban J connectivity index is 0.00000210. The number of aryl methyl sites for hydroxylation is 1. The molecule has 0 radical (unpaired) electrons. The smallest absolute Gasteiger partial charge is 0.543 e. The molecule has 1 saturated heterocycles. The molecule has 1 N–H and O–H groups in total. The molecule has 4 atom stereocenters. The molecule has 0 spiro atoms. The molecule has 7 nitrogen and oxygen atoms in total. The number of carboxylic acids is 1. The number of aromatic nitrogens is 2. The number of carboxylic acid groups (broad SMARTS) is 1. The second kappa shape index (κ2) is 7.88. The summed E-state index contributed by atoms with van der Waals surface area (Å²) in [6.07, 6.45) is 3.68. The Hall–Kier alpha value is -0.840. The quantitative estimate of drug-likeness (QED) is 0.414. The van der Waals surface area contributed by atoms with E-state index in [0.29, 0.717) is 17.1 Å². The summed E-state index contributed by atoms with van der Waals surface area (Å²) >= 11 is 3.05. The summed E-state index contributed by atoms with van der Waals surface area (Å²) < 4.78 is 2.03. The number of aliphatic carboxylic acids is 1. The maximum atomic E-state index is 12.3. The summed E-state index contributed by atoms with van der Waals surface area (Å²) in [4.78, 5) is 31.4. The molecule has 10 heteroatoms. The Labute approximate surface area is 186 Å². The summed E-state index contributed by atoms with van der Waals surface area (Å²) in [5.41, 5.74) is -0.0294. The van der Waals surface area contributed by atoms with Crippen LogP contribution in [0.5, 0.6) is 0 Å². The minimum atomic E-state index is -1.33. The average Bonchev–Trinajstić information content (AvgIpc) is 3.22. The number of β-lactam (4-membered cyclic amide) rings is 1. The van der Waals surface area contributed by atoms with Gasteiger partial charge in [0.2, 0.25) is 5.91 Å². The van der Waals surface area contributed by atoms with Crippen LogP contribution in [0.4, 0.5) is 0 Å². The van der Waals surface area contributed by atoms with Crippen molar-refractivity contribution in [3.05, 3.63) is 34.2 Å². The second-order valence-electron chi connectivity index (χ2n) is 6.64. The number of aliphatic hydroxyl groups excluding tert-OH is 1. The Morgan fingerprint density at radius 3 is 2.93 bits per heavy atom. The number of fused-ring (bicyclic) bond motifs is 2. The Bertz CT molecular complexity index is 922. The van der Waals surface area contributed by atoms with Crippen molar-refractivity contribution >= 4 is 39.8 Å². The Kier molecular flexibility index (Phi) is 6.10. The van der Waals surface area contributed by atoms with Crippen molar-refractivity contribution < 1.29 is 49.4 Å². The fourth-order valence-corrected chi connectivity index (χ4v) is 5.87. The molecular weight excluding hydrogens is 397 g/mol. The number of thioether (sulfide) groups is 1. The van der Waals surface area contributed by atoms with E-state index >= 15 is 0 Å². The maximum Gasteiger partial charge on any atom is 1.00 e. The van der Waals surface area contributed by atoms with Crippen molar-refractivity contribution in [3.8, 4) is 0 Å². The van der Waals surface area contributed by atoms with Crippen LogP contribution < -0.4 is 34.7 Å². The minimum absolute atomic E-state index is 0. The van der Waals surface area contributed by atoms with E-state index in [4.69, 9.17) is 0 Å². The zero-order valence-electron chi connectivity index (χ0n) is 15.3. The van der Waals surface area contributed by atoms with Crippen LogP contribution in [0.25, 0.3) is 4.83 Å². The fourth-order valence-electron chi connectivity index (χ4n) is 3.93. The van der Waals surface area contributed by atoms with E-state index in [1.165, 1.54) is 16.7 Å². The van der Waals surface area contributed by atoms with Gasteiger partial charge in [-0.15, -0.1) is 23.1 Å². The molecule has 1 fully saturated rings. The van der Waals surface area contributed by atoms with E-state index in [1.54, 1.807) is 18.3 Å². The number of rotatable bonds is 6. The second-order valence-corrected chi connectivity index (χ2v) is 8.70. The molecule has 0 saturated carbocycles. The first-order valence-corrected chi connectivity index (χ1v) is 10.3. The fraction of sp³-hybridized carbons (Fsp3) is 0.471. The number of hydrogen-bond donors (Lipinski definition) is 1. The van der Waals surface area contributed by atoms with Crippen LogP contribution in [0.1, 0.15) is 19.7 Å². The van der Waals surface area contributed by atoms with Gasteiger partial charge in [0.25, 0.3) is 0 Å². The monoisotopic (exact) mass is 415 g/mol. The third kappa shape index (κ3) is 3.28. The molecule has 0 bridgehead atoms.